The summed E-state index contributed by atoms with van der Waals surface area (Å²) >= 11 is 1.26. The van der Waals surface area contributed by atoms with Gasteiger partial charge in [0.05, 0.1) is 21.3 Å². The molecular weight excluding hydrogens is 294 g/mol. The molecule has 0 aliphatic carbocycles. The molecule has 0 saturated carbocycles. The predicted molar refractivity (Wildman–Crippen MR) is 79.3 cm³/mol. The maximum Gasteiger partial charge on any atom is 0.223 e. The molecule has 0 unspecified atom stereocenters. The number of nitrogens with one attached hydrogen (secondary N) is 1. The summed E-state index contributed by atoms with van der Waals surface area (Å²) in [5.41, 5.74) is 0.763. The highest BCUT2D eigenvalue weighted by Gasteiger charge is 2.16. The summed E-state index contributed by atoms with van der Waals surface area (Å²) in [5, 5.41) is 11.6. The molecule has 1 heterocycles. The van der Waals surface area contributed by atoms with Gasteiger partial charge in [-0.3, -0.25) is 4.79 Å². The van der Waals surface area contributed by atoms with Crippen molar-refractivity contribution >= 4 is 22.4 Å². The molecular formula is C13H15N3O4S. The van der Waals surface area contributed by atoms with Gasteiger partial charge in [0.15, 0.2) is 11.5 Å². The van der Waals surface area contributed by atoms with Gasteiger partial charge >= 0.3 is 0 Å². The Bertz CT molecular complexity index is 632. The summed E-state index contributed by atoms with van der Waals surface area (Å²) in [6.07, 6.45) is 0. The van der Waals surface area contributed by atoms with Gasteiger partial charge in [0.25, 0.3) is 0 Å². The lowest BCUT2D eigenvalue weighted by molar-refractivity contribution is -0.114. The van der Waals surface area contributed by atoms with Crippen LogP contribution in [0.4, 0.5) is 5.13 Å². The minimum Gasteiger partial charge on any atom is -0.493 e. The first-order valence-corrected chi connectivity index (χ1v) is 6.82. The van der Waals surface area contributed by atoms with Crippen LogP contribution in [0.15, 0.2) is 12.1 Å². The van der Waals surface area contributed by atoms with Gasteiger partial charge in [0.1, 0.15) is 5.01 Å². The molecule has 112 valence electrons. The Morgan fingerprint density at radius 1 is 1.10 bits per heavy atom. The Labute approximate surface area is 125 Å². The summed E-state index contributed by atoms with van der Waals surface area (Å²) < 4.78 is 15.9. The summed E-state index contributed by atoms with van der Waals surface area (Å²) in [4.78, 5) is 11.0. The first kappa shape index (κ1) is 15.0. The Hall–Kier alpha value is -2.35. The Morgan fingerprint density at radius 2 is 1.71 bits per heavy atom. The van der Waals surface area contributed by atoms with Gasteiger partial charge in [-0.2, -0.15) is 0 Å². The van der Waals surface area contributed by atoms with Crippen molar-refractivity contribution in [3.05, 3.63) is 12.1 Å². The van der Waals surface area contributed by atoms with E-state index in [0.29, 0.717) is 27.4 Å². The number of hydrogen-bond acceptors (Lipinski definition) is 7. The zero-order chi connectivity index (χ0) is 15.4. The van der Waals surface area contributed by atoms with Gasteiger partial charge in [-0.25, -0.2) is 0 Å². The van der Waals surface area contributed by atoms with Crippen LogP contribution in [0.5, 0.6) is 17.2 Å². The number of ether oxygens (including phenoxy) is 3. The third-order valence-corrected chi connectivity index (χ3v) is 3.51. The second kappa shape index (κ2) is 6.40. The molecule has 0 saturated heterocycles. The van der Waals surface area contributed by atoms with Crippen LogP contribution in [0.25, 0.3) is 10.6 Å². The number of amides is 1. The van der Waals surface area contributed by atoms with Crippen molar-refractivity contribution in [3.63, 3.8) is 0 Å². The molecule has 0 atom stereocenters. The molecule has 0 fully saturated rings. The fraction of sp³-hybridized carbons (Fsp3) is 0.308. The van der Waals surface area contributed by atoms with Crippen molar-refractivity contribution in [1.29, 1.82) is 0 Å². The minimum atomic E-state index is -0.192. The fourth-order valence-electron chi connectivity index (χ4n) is 1.75. The molecule has 2 rings (SSSR count). The van der Waals surface area contributed by atoms with Gasteiger partial charge in [-0.1, -0.05) is 11.3 Å². The third kappa shape index (κ3) is 3.22. The van der Waals surface area contributed by atoms with E-state index in [4.69, 9.17) is 14.2 Å². The van der Waals surface area contributed by atoms with E-state index in [1.54, 1.807) is 33.5 Å². The van der Waals surface area contributed by atoms with Crippen molar-refractivity contribution in [2.75, 3.05) is 26.6 Å². The summed E-state index contributed by atoms with van der Waals surface area (Å²) in [7, 11) is 4.63. The molecule has 0 radical (unpaired) electrons. The molecule has 0 spiro atoms. The first-order chi connectivity index (χ1) is 10.1. The Morgan fingerprint density at radius 3 is 2.19 bits per heavy atom. The van der Waals surface area contributed by atoms with E-state index in [2.05, 4.69) is 15.5 Å². The van der Waals surface area contributed by atoms with Gasteiger partial charge in [0.2, 0.25) is 16.8 Å². The van der Waals surface area contributed by atoms with E-state index >= 15 is 0 Å². The summed E-state index contributed by atoms with van der Waals surface area (Å²) in [5.74, 6) is 1.38. The van der Waals surface area contributed by atoms with E-state index < -0.39 is 0 Å². The van der Waals surface area contributed by atoms with Crippen LogP contribution in [-0.4, -0.2) is 37.4 Å². The van der Waals surface area contributed by atoms with Crippen LogP contribution in [0, 0.1) is 0 Å². The number of methoxy groups -OCH3 is 3. The number of hydrogen-bond donors (Lipinski definition) is 1. The average molecular weight is 309 g/mol. The molecule has 0 bridgehead atoms. The van der Waals surface area contributed by atoms with E-state index in [9.17, 15) is 4.79 Å². The van der Waals surface area contributed by atoms with E-state index in [1.807, 2.05) is 0 Å². The number of benzene rings is 1. The largest absolute Gasteiger partial charge is 0.493 e. The average Bonchev–Trinajstić information content (AvgIpc) is 2.93. The van der Waals surface area contributed by atoms with Crippen LogP contribution in [0.3, 0.4) is 0 Å². The van der Waals surface area contributed by atoms with Gasteiger partial charge in [0, 0.05) is 12.5 Å². The van der Waals surface area contributed by atoms with E-state index in [-0.39, 0.29) is 5.91 Å². The number of carbonyl (C=O) groups excluding carboxylic acids is 1. The van der Waals surface area contributed by atoms with Crippen molar-refractivity contribution in [1.82, 2.24) is 10.2 Å². The molecule has 1 N–H and O–H groups in total. The van der Waals surface area contributed by atoms with Crippen LogP contribution in [0.1, 0.15) is 6.92 Å². The van der Waals surface area contributed by atoms with Gasteiger partial charge in [-0.15, -0.1) is 10.2 Å². The normalized spacial score (nSPS) is 10.1. The number of aromatic nitrogens is 2. The minimum absolute atomic E-state index is 0.192. The van der Waals surface area contributed by atoms with Crippen LogP contribution in [-0.2, 0) is 4.79 Å². The quantitative estimate of drug-likeness (QED) is 0.911. The number of anilines is 1. The van der Waals surface area contributed by atoms with Crippen molar-refractivity contribution in [2.24, 2.45) is 0 Å². The predicted octanol–water partition coefficient (Wildman–Crippen LogP) is 2.19. The fourth-order valence-corrected chi connectivity index (χ4v) is 2.52. The highest BCUT2D eigenvalue weighted by Crippen LogP contribution is 2.41. The third-order valence-electron chi connectivity index (χ3n) is 2.62. The molecule has 1 amide bonds. The zero-order valence-corrected chi connectivity index (χ0v) is 12.9. The summed E-state index contributed by atoms with van der Waals surface area (Å²) in [6, 6.07) is 3.55. The zero-order valence-electron chi connectivity index (χ0n) is 12.1. The molecule has 8 heteroatoms. The van der Waals surface area contributed by atoms with Crippen LogP contribution in [0.2, 0.25) is 0 Å². The smallest absolute Gasteiger partial charge is 0.223 e. The monoisotopic (exact) mass is 309 g/mol. The molecule has 1 aromatic heterocycles. The van der Waals surface area contributed by atoms with Crippen LogP contribution < -0.4 is 19.5 Å². The maximum atomic E-state index is 11.0. The van der Waals surface area contributed by atoms with E-state index in [1.165, 1.54) is 18.3 Å². The molecule has 0 aliphatic rings. The number of rotatable bonds is 5. The lowest BCUT2D eigenvalue weighted by atomic mass is 10.2. The molecule has 7 nitrogen and oxygen atoms in total. The van der Waals surface area contributed by atoms with Crippen molar-refractivity contribution < 1.29 is 19.0 Å². The topological polar surface area (TPSA) is 82.6 Å². The second-order valence-corrected chi connectivity index (χ2v) is 4.99. The second-order valence-electron chi connectivity index (χ2n) is 4.01. The highest BCUT2D eigenvalue weighted by atomic mass is 32.1. The highest BCUT2D eigenvalue weighted by molar-refractivity contribution is 7.18. The van der Waals surface area contributed by atoms with Gasteiger partial charge < -0.3 is 19.5 Å². The number of carbonyl (C=O) groups is 1. The number of nitrogens with zero attached hydrogens (tertiary/aromatic N) is 2. The van der Waals surface area contributed by atoms with Crippen molar-refractivity contribution in [2.45, 2.75) is 6.92 Å². The molecule has 0 aliphatic heterocycles. The van der Waals surface area contributed by atoms with Crippen molar-refractivity contribution in [3.8, 4) is 27.8 Å². The Balaban J connectivity index is 2.44. The van der Waals surface area contributed by atoms with E-state index in [0.717, 1.165) is 5.56 Å². The Kier molecular flexibility index (Phi) is 4.59. The van der Waals surface area contributed by atoms with Crippen LogP contribution >= 0.6 is 11.3 Å². The lowest BCUT2D eigenvalue weighted by Gasteiger charge is -2.12. The summed E-state index contributed by atoms with van der Waals surface area (Å²) in [6.45, 7) is 1.42. The standard InChI is InChI=1S/C13H15N3O4S/c1-7(17)14-13-16-15-12(21-13)8-5-9(18-2)11(20-4)10(6-8)19-3/h5-6H,1-4H3,(H,14,16,17). The molecule has 21 heavy (non-hydrogen) atoms. The maximum absolute atomic E-state index is 11.0. The van der Waals surface area contributed by atoms with Gasteiger partial charge in [-0.05, 0) is 12.1 Å². The lowest BCUT2D eigenvalue weighted by Crippen LogP contribution is -2.04. The molecule has 2 aromatic rings. The first-order valence-electron chi connectivity index (χ1n) is 6.00. The SMILES string of the molecule is COc1cc(-c2nnc(NC(C)=O)s2)cc(OC)c1OC. The molecule has 1 aromatic carbocycles.